The number of rotatable bonds is 18. The van der Waals surface area contributed by atoms with Crippen molar-refractivity contribution in [2.45, 2.75) is 77.2 Å². The quantitative estimate of drug-likeness (QED) is 0.0382. The summed E-state index contributed by atoms with van der Waals surface area (Å²) >= 11 is 24.9. The second kappa shape index (κ2) is 23.2. The third-order valence-corrected chi connectivity index (χ3v) is 11.0. The van der Waals surface area contributed by atoms with Crippen LogP contribution in [-0.4, -0.2) is 47.3 Å². The Kier molecular flexibility index (Phi) is 17.8. The van der Waals surface area contributed by atoms with Crippen LogP contribution in [0.25, 0.3) is 0 Å². The lowest BCUT2D eigenvalue weighted by atomic mass is 9.98. The highest BCUT2D eigenvalue weighted by molar-refractivity contribution is 6.32. The van der Waals surface area contributed by atoms with E-state index < -0.39 is 47.3 Å². The Morgan fingerprint density at radius 2 is 0.864 bits per heavy atom. The Labute approximate surface area is 402 Å². The molecule has 5 aromatic carbocycles. The predicted octanol–water partition coefficient (Wildman–Crippen LogP) is 12.6. The van der Waals surface area contributed by atoms with Gasteiger partial charge in [0.05, 0.1) is 22.1 Å². The van der Waals surface area contributed by atoms with E-state index in [4.69, 9.17) is 46.4 Å². The molecule has 0 aromatic heterocycles. The number of alkyl halides is 2. The lowest BCUT2D eigenvalue weighted by molar-refractivity contribution is -0.127. The number of azo groups is 2. The van der Waals surface area contributed by atoms with Gasteiger partial charge in [0.15, 0.2) is 11.6 Å². The predicted molar refractivity (Wildman–Crippen MR) is 261 cm³/mol. The number of ketones is 2. The number of anilines is 4. The summed E-state index contributed by atoms with van der Waals surface area (Å²) < 4.78 is 0. The molecule has 0 radical (unpaired) electrons. The number of nitrogens with one attached hydrogen (secondary N) is 4. The molecule has 0 aliphatic heterocycles. The van der Waals surface area contributed by atoms with Gasteiger partial charge in [-0.2, -0.15) is 20.5 Å². The average Bonchev–Trinajstić information content (AvgIpc) is 3.26. The molecule has 0 saturated carbocycles. The summed E-state index contributed by atoms with van der Waals surface area (Å²) in [6, 6.07) is 22.7. The van der Waals surface area contributed by atoms with Crippen molar-refractivity contribution >= 4 is 116 Å². The van der Waals surface area contributed by atoms with E-state index in [2.05, 4.69) is 41.7 Å². The zero-order chi connectivity index (χ0) is 48.2. The van der Waals surface area contributed by atoms with Crippen LogP contribution in [0.3, 0.4) is 0 Å². The molecule has 4 amide bonds. The number of hydrogen-bond acceptors (Lipinski definition) is 10. The van der Waals surface area contributed by atoms with E-state index in [9.17, 15) is 28.8 Å². The van der Waals surface area contributed by atoms with Crippen molar-refractivity contribution in [2.24, 2.45) is 20.5 Å². The van der Waals surface area contributed by atoms with Gasteiger partial charge in [-0.1, -0.05) is 61.3 Å². The second-order valence-electron chi connectivity index (χ2n) is 15.0. The fraction of sp³-hybridized carbons (Fsp3) is 0.250. The molecular weight excluding hydrogens is 926 g/mol. The first-order chi connectivity index (χ1) is 31.4. The van der Waals surface area contributed by atoms with Gasteiger partial charge in [-0.3, -0.25) is 28.8 Å². The van der Waals surface area contributed by atoms with Gasteiger partial charge in [0.2, 0.25) is 12.1 Å². The fourth-order valence-electron chi connectivity index (χ4n) is 6.62. The van der Waals surface area contributed by atoms with Gasteiger partial charge in [0.25, 0.3) is 23.6 Å². The SMILES string of the molecule is CCc1c(NC(=O)C(N=Nc2cc(Cl)cc(C(=O)Nc3ccc(C(C)Cl)cc3)c2)C(C)=O)ccc(NC(=O)C(N=Nc2cc(Cl)cc(C(=O)Nc3ccc(C(C)Cl)cc3)c2)C(C)=O)c1CC. The zero-order valence-corrected chi connectivity index (χ0v) is 39.7. The molecule has 0 saturated heterocycles. The number of carbonyl (C=O) groups excluding carboxylic acids is 6. The van der Waals surface area contributed by atoms with Crippen LogP contribution >= 0.6 is 46.4 Å². The molecule has 4 atom stereocenters. The van der Waals surface area contributed by atoms with E-state index in [1.807, 2.05) is 27.7 Å². The topological polar surface area (TPSA) is 200 Å². The summed E-state index contributed by atoms with van der Waals surface area (Å²) in [5.74, 6) is -3.71. The van der Waals surface area contributed by atoms with Crippen molar-refractivity contribution in [1.82, 2.24) is 0 Å². The maximum atomic E-state index is 13.6. The molecule has 342 valence electrons. The lowest BCUT2D eigenvalue weighted by Gasteiger charge is -2.20. The highest BCUT2D eigenvalue weighted by Gasteiger charge is 2.27. The van der Waals surface area contributed by atoms with Crippen LogP contribution < -0.4 is 21.3 Å². The number of amides is 4. The maximum Gasteiger partial charge on any atom is 0.258 e. The van der Waals surface area contributed by atoms with Crippen LogP contribution in [0.15, 0.2) is 118 Å². The molecule has 5 rings (SSSR count). The van der Waals surface area contributed by atoms with E-state index in [1.54, 1.807) is 60.7 Å². The molecule has 4 unspecified atom stereocenters. The molecule has 0 fully saturated rings. The van der Waals surface area contributed by atoms with E-state index in [1.165, 1.54) is 50.2 Å². The molecule has 66 heavy (non-hydrogen) atoms. The molecule has 5 aromatic rings. The van der Waals surface area contributed by atoms with Crippen molar-refractivity contribution < 1.29 is 28.8 Å². The van der Waals surface area contributed by atoms with Gasteiger partial charge >= 0.3 is 0 Å². The standard InChI is InChI=1S/C48H46Cl4N8O6/c1-7-39-40(8-2)42(56-48(66)44(28(6)62)60-58-38-22-32(20-34(52)24-38)46(64)54-36-15-11-30(12-16-36)26(4)50)18-17-41(39)55-47(65)43(27(5)61)59-57-37-21-31(19-33(51)23-37)45(63)53-35-13-9-29(10-14-35)25(3)49/h9-26,43-44H,7-8H2,1-6H3,(H,53,63)(H,54,64)(H,55,65)(H,56,66). The van der Waals surface area contributed by atoms with Crippen LogP contribution in [0.2, 0.25) is 10.0 Å². The van der Waals surface area contributed by atoms with Gasteiger partial charge in [0, 0.05) is 43.9 Å². The first-order valence-corrected chi connectivity index (χ1v) is 22.3. The summed E-state index contributed by atoms with van der Waals surface area (Å²) in [6.45, 7) is 9.77. The van der Waals surface area contributed by atoms with Gasteiger partial charge in [0.1, 0.15) is 0 Å². The minimum Gasteiger partial charge on any atom is -0.323 e. The summed E-state index contributed by atoms with van der Waals surface area (Å²) in [6.07, 6.45) is 0.799. The third kappa shape index (κ3) is 13.6. The average molecular weight is 973 g/mol. The molecule has 0 heterocycles. The van der Waals surface area contributed by atoms with E-state index in [0.29, 0.717) is 46.7 Å². The smallest absolute Gasteiger partial charge is 0.258 e. The Hall–Kier alpha value is -6.32. The number of benzene rings is 5. The van der Waals surface area contributed by atoms with Gasteiger partial charge in [-0.25, -0.2) is 0 Å². The number of hydrogen-bond donors (Lipinski definition) is 4. The van der Waals surface area contributed by atoms with Crippen molar-refractivity contribution in [3.8, 4) is 0 Å². The van der Waals surface area contributed by atoms with Crippen LogP contribution in [-0.2, 0) is 32.0 Å². The van der Waals surface area contributed by atoms with Crippen LogP contribution in [0.5, 0.6) is 0 Å². The zero-order valence-electron chi connectivity index (χ0n) is 36.7. The third-order valence-electron chi connectivity index (χ3n) is 10.0. The first kappa shape index (κ1) is 50.7. The molecule has 0 bridgehead atoms. The highest BCUT2D eigenvalue weighted by atomic mass is 35.5. The van der Waals surface area contributed by atoms with Crippen LogP contribution in [0, 0.1) is 0 Å². The molecule has 0 aliphatic carbocycles. The second-order valence-corrected chi connectivity index (χ2v) is 17.2. The van der Waals surface area contributed by atoms with E-state index in [0.717, 1.165) is 11.1 Å². The molecule has 0 aliphatic rings. The van der Waals surface area contributed by atoms with Gasteiger partial charge in [-0.15, -0.1) is 23.2 Å². The van der Waals surface area contributed by atoms with Crippen LogP contribution in [0.1, 0.15) is 95.3 Å². The van der Waals surface area contributed by atoms with Crippen molar-refractivity contribution in [3.05, 3.63) is 140 Å². The maximum absolute atomic E-state index is 13.6. The Morgan fingerprint density at radius 3 is 1.17 bits per heavy atom. The number of halogens is 4. The number of nitrogens with zero attached hydrogens (tertiary/aromatic N) is 4. The monoisotopic (exact) mass is 970 g/mol. The molecule has 4 N–H and O–H groups in total. The molecule has 14 nitrogen and oxygen atoms in total. The van der Waals surface area contributed by atoms with E-state index in [-0.39, 0.29) is 43.3 Å². The van der Waals surface area contributed by atoms with Gasteiger partial charge < -0.3 is 21.3 Å². The normalized spacial score (nSPS) is 13.1. The largest absolute Gasteiger partial charge is 0.323 e. The lowest BCUT2D eigenvalue weighted by Crippen LogP contribution is -2.33. The number of carbonyl (C=O) groups is 6. The summed E-state index contributed by atoms with van der Waals surface area (Å²) in [5, 5.41) is 27.3. The fourth-order valence-corrected chi connectivity index (χ4v) is 7.37. The Morgan fingerprint density at radius 1 is 0.515 bits per heavy atom. The first-order valence-electron chi connectivity index (χ1n) is 20.7. The Bertz CT molecular complexity index is 2520. The minimum absolute atomic E-state index is 0.129. The molecule has 18 heteroatoms. The minimum atomic E-state index is -1.57. The number of Topliss-reactive ketones (excluding diaryl/α,β-unsaturated/α-hetero) is 2. The Balaban J connectivity index is 1.29. The van der Waals surface area contributed by atoms with E-state index >= 15 is 0 Å². The summed E-state index contributed by atoms with van der Waals surface area (Å²) in [5.41, 5.74) is 5.44. The molecular formula is C48H46Cl4N8O6. The summed E-state index contributed by atoms with van der Waals surface area (Å²) in [7, 11) is 0. The van der Waals surface area contributed by atoms with Crippen molar-refractivity contribution in [2.75, 3.05) is 21.3 Å². The highest BCUT2D eigenvalue weighted by Crippen LogP contribution is 2.31. The van der Waals surface area contributed by atoms with Crippen LogP contribution in [0.4, 0.5) is 34.1 Å². The van der Waals surface area contributed by atoms with Gasteiger partial charge in [-0.05, 0) is 136 Å². The van der Waals surface area contributed by atoms with Crippen molar-refractivity contribution in [1.29, 1.82) is 0 Å². The molecule has 0 spiro atoms. The van der Waals surface area contributed by atoms with Crippen molar-refractivity contribution in [3.63, 3.8) is 0 Å². The summed E-state index contributed by atoms with van der Waals surface area (Å²) in [4.78, 5) is 78.9.